The molecular weight excluding hydrogens is 367 g/mol. The maximum Gasteiger partial charge on any atom is 0.321 e. The maximum atomic E-state index is 11.9. The molecule has 132 valence electrons. The van der Waals surface area contributed by atoms with E-state index in [4.69, 9.17) is 27.9 Å². The minimum absolute atomic E-state index is 0.129. The predicted molar refractivity (Wildman–Crippen MR) is 94.0 cm³/mol. The van der Waals surface area contributed by atoms with Gasteiger partial charge in [-0.25, -0.2) is 14.8 Å². The molecular formula is C16H16Cl2N4O3. The number of urea groups is 1. The zero-order chi connectivity index (χ0) is 17.8. The highest BCUT2D eigenvalue weighted by atomic mass is 35.5. The number of halogens is 2. The van der Waals surface area contributed by atoms with Crippen LogP contribution >= 0.6 is 23.2 Å². The summed E-state index contributed by atoms with van der Waals surface area (Å²) in [6.45, 7) is -0.367. The smallest absolute Gasteiger partial charge is 0.321 e. The Morgan fingerprint density at radius 1 is 1.20 bits per heavy atom. The van der Waals surface area contributed by atoms with E-state index in [0.29, 0.717) is 20.9 Å². The van der Waals surface area contributed by atoms with Gasteiger partial charge in [-0.2, -0.15) is 0 Å². The first-order valence-corrected chi connectivity index (χ1v) is 8.61. The quantitative estimate of drug-likeness (QED) is 0.847. The van der Waals surface area contributed by atoms with Gasteiger partial charge >= 0.3 is 6.03 Å². The van der Waals surface area contributed by atoms with Crippen LogP contribution < -0.4 is 15.4 Å². The van der Waals surface area contributed by atoms with Crippen molar-refractivity contribution in [2.24, 2.45) is 0 Å². The Morgan fingerprint density at radius 2 is 1.96 bits per heavy atom. The van der Waals surface area contributed by atoms with Gasteiger partial charge in [0, 0.05) is 11.1 Å². The van der Waals surface area contributed by atoms with Crippen LogP contribution in [0.5, 0.6) is 5.88 Å². The number of amides is 3. The van der Waals surface area contributed by atoms with E-state index in [1.54, 1.807) is 12.1 Å². The summed E-state index contributed by atoms with van der Waals surface area (Å²) in [5, 5.41) is 6.25. The molecule has 3 rings (SSSR count). The second-order valence-electron chi connectivity index (χ2n) is 5.75. The van der Waals surface area contributed by atoms with E-state index in [1.165, 1.54) is 6.33 Å². The van der Waals surface area contributed by atoms with Crippen molar-refractivity contribution in [1.82, 2.24) is 20.6 Å². The maximum absolute atomic E-state index is 11.9. The van der Waals surface area contributed by atoms with E-state index in [1.807, 2.05) is 0 Å². The van der Waals surface area contributed by atoms with Crippen LogP contribution in [0.15, 0.2) is 18.5 Å². The third-order valence-corrected chi connectivity index (χ3v) is 4.41. The molecule has 0 saturated heterocycles. The molecule has 0 radical (unpaired) electrons. The number of hydrogen-bond acceptors (Lipinski definition) is 5. The monoisotopic (exact) mass is 382 g/mol. The normalized spacial score (nSPS) is 14.5. The van der Waals surface area contributed by atoms with Crippen molar-refractivity contribution in [3.8, 4) is 5.88 Å². The van der Waals surface area contributed by atoms with Gasteiger partial charge in [-0.3, -0.25) is 10.1 Å². The third kappa shape index (κ3) is 4.49. The van der Waals surface area contributed by atoms with Gasteiger partial charge in [0.05, 0.1) is 15.9 Å². The van der Waals surface area contributed by atoms with Crippen LogP contribution in [-0.2, 0) is 4.79 Å². The fourth-order valence-electron chi connectivity index (χ4n) is 2.77. The Morgan fingerprint density at radius 3 is 2.72 bits per heavy atom. The van der Waals surface area contributed by atoms with Crippen LogP contribution in [0.1, 0.15) is 25.7 Å². The van der Waals surface area contributed by atoms with Crippen molar-refractivity contribution in [3.05, 3.63) is 28.5 Å². The van der Waals surface area contributed by atoms with Crippen LogP contribution in [0.25, 0.3) is 10.9 Å². The largest absolute Gasteiger partial charge is 0.467 e. The molecule has 0 bridgehead atoms. The molecule has 1 aliphatic carbocycles. The number of nitrogens with one attached hydrogen (secondary N) is 2. The lowest BCUT2D eigenvalue weighted by atomic mass is 10.2. The minimum Gasteiger partial charge on any atom is -0.467 e. The molecule has 1 aliphatic rings. The number of benzene rings is 1. The van der Waals surface area contributed by atoms with E-state index in [9.17, 15) is 9.59 Å². The Kier molecular flexibility index (Phi) is 5.55. The summed E-state index contributed by atoms with van der Waals surface area (Å²) < 4.78 is 5.40. The number of nitrogens with zero attached hydrogens (tertiary/aromatic N) is 2. The molecule has 0 atom stereocenters. The lowest BCUT2D eigenvalue weighted by molar-refractivity contribution is -0.122. The van der Waals surface area contributed by atoms with Crippen LogP contribution in [0.4, 0.5) is 4.79 Å². The van der Waals surface area contributed by atoms with Gasteiger partial charge in [0.1, 0.15) is 6.33 Å². The fourth-order valence-corrected chi connectivity index (χ4v) is 3.31. The van der Waals surface area contributed by atoms with Crippen LogP contribution in [0.3, 0.4) is 0 Å². The molecule has 2 N–H and O–H groups in total. The molecule has 1 aromatic carbocycles. The van der Waals surface area contributed by atoms with Crippen molar-refractivity contribution >= 4 is 46.0 Å². The first-order chi connectivity index (χ1) is 12.0. The Labute approximate surface area is 154 Å². The van der Waals surface area contributed by atoms with Crippen LogP contribution in [0, 0.1) is 0 Å². The van der Waals surface area contributed by atoms with Gasteiger partial charge in [0.2, 0.25) is 5.88 Å². The van der Waals surface area contributed by atoms with Crippen molar-refractivity contribution in [3.63, 3.8) is 0 Å². The molecule has 1 aromatic heterocycles. The third-order valence-electron chi connectivity index (χ3n) is 3.90. The molecule has 1 saturated carbocycles. The van der Waals surface area contributed by atoms with Gasteiger partial charge in [0.15, 0.2) is 6.61 Å². The second-order valence-corrected chi connectivity index (χ2v) is 6.60. The van der Waals surface area contributed by atoms with Crippen molar-refractivity contribution in [2.75, 3.05) is 6.61 Å². The average molecular weight is 383 g/mol. The van der Waals surface area contributed by atoms with Crippen molar-refractivity contribution in [1.29, 1.82) is 0 Å². The van der Waals surface area contributed by atoms with Gasteiger partial charge < -0.3 is 10.1 Å². The van der Waals surface area contributed by atoms with Crippen LogP contribution in [0.2, 0.25) is 10.0 Å². The first kappa shape index (κ1) is 17.7. The van der Waals surface area contributed by atoms with E-state index in [0.717, 1.165) is 25.7 Å². The lowest BCUT2D eigenvalue weighted by Crippen LogP contribution is -2.45. The first-order valence-electron chi connectivity index (χ1n) is 7.86. The molecule has 9 heteroatoms. The van der Waals surface area contributed by atoms with E-state index in [-0.39, 0.29) is 18.5 Å². The molecule has 7 nitrogen and oxygen atoms in total. The SMILES string of the molecule is O=C(COc1ncnc2c(Cl)cc(Cl)cc12)NC(=O)NC1CCCC1. The predicted octanol–water partition coefficient (Wildman–Crippen LogP) is 3.08. The number of ether oxygens (including phenoxy) is 1. The number of imide groups is 1. The number of carbonyl (C=O) groups excluding carboxylic acids is 2. The zero-order valence-corrected chi connectivity index (χ0v) is 14.7. The van der Waals surface area contributed by atoms with Crippen molar-refractivity contribution in [2.45, 2.75) is 31.7 Å². The van der Waals surface area contributed by atoms with Crippen molar-refractivity contribution < 1.29 is 14.3 Å². The number of carbonyl (C=O) groups is 2. The topological polar surface area (TPSA) is 93.2 Å². The number of fused-ring (bicyclic) bond motifs is 1. The average Bonchev–Trinajstić information content (AvgIpc) is 3.05. The van der Waals surface area contributed by atoms with E-state index in [2.05, 4.69) is 20.6 Å². The number of hydrogen-bond donors (Lipinski definition) is 2. The summed E-state index contributed by atoms with van der Waals surface area (Å²) in [4.78, 5) is 31.7. The Hall–Kier alpha value is -2.12. The van der Waals surface area contributed by atoms with E-state index < -0.39 is 11.9 Å². The highest BCUT2D eigenvalue weighted by Gasteiger charge is 2.18. The fraction of sp³-hybridized carbons (Fsp3) is 0.375. The highest BCUT2D eigenvalue weighted by molar-refractivity contribution is 6.38. The van der Waals surface area contributed by atoms with Gasteiger partial charge in [0.25, 0.3) is 5.91 Å². The van der Waals surface area contributed by atoms with E-state index >= 15 is 0 Å². The molecule has 0 unspecified atom stereocenters. The summed E-state index contributed by atoms with van der Waals surface area (Å²) >= 11 is 12.1. The molecule has 1 heterocycles. The molecule has 3 amide bonds. The zero-order valence-electron chi connectivity index (χ0n) is 13.2. The summed E-state index contributed by atoms with van der Waals surface area (Å²) in [6.07, 6.45) is 5.34. The summed E-state index contributed by atoms with van der Waals surface area (Å²) in [6, 6.07) is 2.77. The Balaban J connectivity index is 1.60. The lowest BCUT2D eigenvalue weighted by Gasteiger charge is -2.12. The number of rotatable bonds is 4. The van der Waals surface area contributed by atoms with Crippen LogP contribution in [-0.4, -0.2) is 34.6 Å². The summed E-state index contributed by atoms with van der Waals surface area (Å²) in [5.74, 6) is -0.406. The molecule has 25 heavy (non-hydrogen) atoms. The van der Waals surface area contributed by atoms with Gasteiger partial charge in [-0.05, 0) is 25.0 Å². The molecule has 2 aromatic rings. The Bertz CT molecular complexity index is 809. The molecule has 0 aliphatic heterocycles. The summed E-state index contributed by atoms with van der Waals surface area (Å²) in [5.41, 5.74) is 0.468. The summed E-state index contributed by atoms with van der Waals surface area (Å²) in [7, 11) is 0. The van der Waals surface area contributed by atoms with Gasteiger partial charge in [-0.1, -0.05) is 36.0 Å². The minimum atomic E-state index is -0.574. The standard InChI is InChI=1S/C16H16Cl2N4O3/c17-9-5-11-14(12(18)6-9)19-8-20-15(11)25-7-13(23)22-16(24)21-10-3-1-2-4-10/h5-6,8,10H,1-4,7H2,(H2,21,22,23,24). The molecule has 1 fully saturated rings. The van der Waals surface area contributed by atoms with Gasteiger partial charge in [-0.15, -0.1) is 0 Å². The molecule has 0 spiro atoms. The second kappa shape index (κ2) is 7.84. The number of aromatic nitrogens is 2. The highest BCUT2D eigenvalue weighted by Crippen LogP contribution is 2.30.